The second-order valence-corrected chi connectivity index (χ2v) is 9.15. The second-order valence-electron chi connectivity index (χ2n) is 9.15. The van der Waals surface area contributed by atoms with E-state index in [4.69, 9.17) is 5.73 Å². The van der Waals surface area contributed by atoms with Crippen molar-refractivity contribution in [3.05, 3.63) is 89.5 Å². The molecule has 0 atom stereocenters. The van der Waals surface area contributed by atoms with E-state index in [9.17, 15) is 9.59 Å². The van der Waals surface area contributed by atoms with Crippen molar-refractivity contribution in [1.29, 1.82) is 0 Å². The van der Waals surface area contributed by atoms with Gasteiger partial charge in [0.25, 0.3) is 5.91 Å². The van der Waals surface area contributed by atoms with Crippen molar-refractivity contribution in [3.63, 3.8) is 0 Å². The van der Waals surface area contributed by atoms with Crippen molar-refractivity contribution in [3.8, 4) is 0 Å². The molecule has 6 nitrogen and oxygen atoms in total. The zero-order chi connectivity index (χ0) is 23.5. The van der Waals surface area contributed by atoms with Gasteiger partial charge in [-0.1, -0.05) is 24.3 Å². The first-order valence-corrected chi connectivity index (χ1v) is 11.9. The maximum absolute atomic E-state index is 12.8. The van der Waals surface area contributed by atoms with Crippen LogP contribution in [0.1, 0.15) is 34.3 Å². The molecule has 0 aromatic heterocycles. The Bertz CT molecular complexity index is 1170. The zero-order valence-electron chi connectivity index (χ0n) is 19.2. The van der Waals surface area contributed by atoms with E-state index in [2.05, 4.69) is 39.4 Å². The molecule has 5 rings (SSSR count). The number of nitrogens with zero attached hydrogens (tertiary/aromatic N) is 2. The topological polar surface area (TPSA) is 78.7 Å². The number of carbonyl (C=O) groups is 2. The Balaban J connectivity index is 1.18. The monoisotopic (exact) mass is 454 g/mol. The summed E-state index contributed by atoms with van der Waals surface area (Å²) in [5, 5.41) is 2.99. The summed E-state index contributed by atoms with van der Waals surface area (Å²) in [5.74, 6) is -0.343. The molecule has 6 heteroatoms. The summed E-state index contributed by atoms with van der Waals surface area (Å²) in [6.45, 7) is 3.51. The van der Waals surface area contributed by atoms with Crippen LogP contribution < -0.4 is 20.9 Å². The van der Waals surface area contributed by atoms with Gasteiger partial charge in [0.2, 0.25) is 5.91 Å². The summed E-state index contributed by atoms with van der Waals surface area (Å²) in [4.78, 5) is 28.7. The lowest BCUT2D eigenvalue weighted by atomic mass is 9.96. The van der Waals surface area contributed by atoms with Crippen LogP contribution >= 0.6 is 0 Å². The van der Waals surface area contributed by atoms with Crippen molar-refractivity contribution in [1.82, 2.24) is 0 Å². The van der Waals surface area contributed by atoms with Crippen LogP contribution in [0, 0.1) is 5.92 Å². The molecule has 174 valence electrons. The number of benzene rings is 3. The third-order valence-corrected chi connectivity index (χ3v) is 7.01. The van der Waals surface area contributed by atoms with E-state index in [1.54, 1.807) is 0 Å². The van der Waals surface area contributed by atoms with Crippen LogP contribution in [0.5, 0.6) is 0 Å². The van der Waals surface area contributed by atoms with Crippen molar-refractivity contribution in [2.75, 3.05) is 34.8 Å². The van der Waals surface area contributed by atoms with Gasteiger partial charge in [-0.3, -0.25) is 9.59 Å². The lowest BCUT2D eigenvalue weighted by Gasteiger charge is -2.32. The fourth-order valence-electron chi connectivity index (χ4n) is 4.92. The molecule has 0 radical (unpaired) electrons. The number of fused-ring (bicyclic) bond motifs is 1. The zero-order valence-corrected chi connectivity index (χ0v) is 19.2. The third-order valence-electron chi connectivity index (χ3n) is 7.01. The highest BCUT2D eigenvalue weighted by atomic mass is 16.2. The first kappa shape index (κ1) is 22.0. The number of hydrogen-bond acceptors (Lipinski definition) is 4. The van der Waals surface area contributed by atoms with Gasteiger partial charge in [-0.15, -0.1) is 0 Å². The number of anilines is 3. The van der Waals surface area contributed by atoms with E-state index in [-0.39, 0.29) is 17.7 Å². The minimum absolute atomic E-state index is 0.0214. The standard InChI is InChI=1S/C28H30N4O2/c29-27(33)21-14-16-31(17-15-21)25-11-7-24(8-12-25)30-28(34)22-5-9-26(10-6-22)32-18-13-20-3-1-2-4-23(20)19-32/h1-12,21H,13-19H2,(H2,29,33)(H,30,34). The average molecular weight is 455 g/mol. The van der Waals surface area contributed by atoms with Crippen LogP contribution in [0.2, 0.25) is 0 Å². The molecule has 2 aliphatic rings. The van der Waals surface area contributed by atoms with E-state index in [1.165, 1.54) is 11.1 Å². The van der Waals surface area contributed by atoms with E-state index in [0.29, 0.717) is 5.56 Å². The Hall–Kier alpha value is -3.80. The summed E-state index contributed by atoms with van der Waals surface area (Å²) >= 11 is 0. The first-order valence-electron chi connectivity index (χ1n) is 11.9. The molecule has 3 aromatic carbocycles. The van der Waals surface area contributed by atoms with Gasteiger partial charge in [0.15, 0.2) is 0 Å². The minimum atomic E-state index is -0.202. The molecule has 0 saturated carbocycles. The molecule has 3 aromatic rings. The van der Waals surface area contributed by atoms with Gasteiger partial charge in [0, 0.05) is 54.7 Å². The maximum Gasteiger partial charge on any atom is 0.255 e. The summed E-state index contributed by atoms with van der Waals surface area (Å²) in [7, 11) is 0. The first-order chi connectivity index (χ1) is 16.6. The molecule has 2 heterocycles. The fourth-order valence-corrected chi connectivity index (χ4v) is 4.92. The van der Waals surface area contributed by atoms with Crippen molar-refractivity contribution >= 4 is 28.9 Å². The van der Waals surface area contributed by atoms with Crippen LogP contribution in [0.15, 0.2) is 72.8 Å². The highest BCUT2D eigenvalue weighted by Crippen LogP contribution is 2.26. The highest BCUT2D eigenvalue weighted by Gasteiger charge is 2.23. The Kier molecular flexibility index (Phi) is 6.21. The third kappa shape index (κ3) is 4.76. The number of hydrogen-bond donors (Lipinski definition) is 2. The molecule has 0 unspecified atom stereocenters. The Labute approximate surface area is 200 Å². The summed E-state index contributed by atoms with van der Waals surface area (Å²) < 4.78 is 0. The number of amides is 2. The van der Waals surface area contributed by atoms with Crippen LogP contribution in [-0.2, 0) is 17.8 Å². The number of carbonyl (C=O) groups excluding carboxylic acids is 2. The van der Waals surface area contributed by atoms with Gasteiger partial charge < -0.3 is 20.9 Å². The largest absolute Gasteiger partial charge is 0.371 e. The molecule has 0 aliphatic carbocycles. The summed E-state index contributed by atoms with van der Waals surface area (Å²) in [5.41, 5.74) is 11.9. The van der Waals surface area contributed by atoms with E-state index < -0.39 is 0 Å². The normalized spacial score (nSPS) is 16.1. The minimum Gasteiger partial charge on any atom is -0.371 e. The van der Waals surface area contributed by atoms with Crippen molar-refractivity contribution in [2.45, 2.75) is 25.8 Å². The van der Waals surface area contributed by atoms with Crippen LogP contribution in [0.3, 0.4) is 0 Å². The van der Waals surface area contributed by atoms with E-state index >= 15 is 0 Å². The molecule has 3 N–H and O–H groups in total. The number of nitrogens with two attached hydrogens (primary N) is 1. The molecule has 2 amide bonds. The Morgan fingerprint density at radius 1 is 0.765 bits per heavy atom. The van der Waals surface area contributed by atoms with Gasteiger partial charge in [0.1, 0.15) is 0 Å². The molecule has 34 heavy (non-hydrogen) atoms. The van der Waals surface area contributed by atoms with E-state index in [0.717, 1.165) is 62.5 Å². The van der Waals surface area contributed by atoms with Gasteiger partial charge >= 0.3 is 0 Å². The van der Waals surface area contributed by atoms with Crippen LogP contribution in [0.25, 0.3) is 0 Å². The van der Waals surface area contributed by atoms with Gasteiger partial charge in [-0.25, -0.2) is 0 Å². The fraction of sp³-hybridized carbons (Fsp3) is 0.286. The van der Waals surface area contributed by atoms with Crippen molar-refractivity contribution < 1.29 is 9.59 Å². The number of piperidine rings is 1. The quantitative estimate of drug-likeness (QED) is 0.606. The average Bonchev–Trinajstić information content (AvgIpc) is 2.89. The smallest absolute Gasteiger partial charge is 0.255 e. The molecular formula is C28H30N4O2. The van der Waals surface area contributed by atoms with Crippen LogP contribution in [0.4, 0.5) is 17.1 Å². The predicted octanol–water partition coefficient (Wildman–Crippen LogP) is 4.20. The number of primary amides is 1. The molecule has 0 bridgehead atoms. The highest BCUT2D eigenvalue weighted by molar-refractivity contribution is 6.04. The SMILES string of the molecule is NC(=O)C1CCN(c2ccc(NC(=O)c3ccc(N4CCc5ccccc5C4)cc3)cc2)CC1. The van der Waals surface area contributed by atoms with Gasteiger partial charge in [-0.05, 0) is 78.9 Å². The van der Waals surface area contributed by atoms with Crippen LogP contribution in [-0.4, -0.2) is 31.4 Å². The van der Waals surface area contributed by atoms with Crippen molar-refractivity contribution in [2.24, 2.45) is 11.7 Å². The van der Waals surface area contributed by atoms with Gasteiger partial charge in [0.05, 0.1) is 0 Å². The molecular weight excluding hydrogens is 424 g/mol. The number of rotatable bonds is 5. The lowest BCUT2D eigenvalue weighted by Crippen LogP contribution is -2.38. The summed E-state index contributed by atoms with van der Waals surface area (Å²) in [6, 6.07) is 24.3. The predicted molar refractivity (Wildman–Crippen MR) is 136 cm³/mol. The molecule has 2 aliphatic heterocycles. The molecule has 1 fully saturated rings. The molecule has 1 saturated heterocycles. The second kappa shape index (κ2) is 9.59. The number of nitrogens with one attached hydrogen (secondary N) is 1. The molecule has 0 spiro atoms. The Morgan fingerprint density at radius 3 is 2.06 bits per heavy atom. The summed E-state index contributed by atoms with van der Waals surface area (Å²) in [6.07, 6.45) is 2.61. The van der Waals surface area contributed by atoms with E-state index in [1.807, 2.05) is 48.5 Å². The Morgan fingerprint density at radius 2 is 1.38 bits per heavy atom. The lowest BCUT2D eigenvalue weighted by molar-refractivity contribution is -0.122. The maximum atomic E-state index is 12.8. The van der Waals surface area contributed by atoms with Gasteiger partial charge in [-0.2, -0.15) is 0 Å².